The SMILES string of the molecule is CC(CN(C)C(=O)N[C@@H]1C[C@H]1c1ccc(F)cc1)C(=O)O. The molecule has 1 aliphatic carbocycles. The highest BCUT2D eigenvalue weighted by Gasteiger charge is 2.40. The Morgan fingerprint density at radius 1 is 1.43 bits per heavy atom. The second kappa shape index (κ2) is 6.11. The molecule has 1 aromatic carbocycles. The van der Waals surface area contributed by atoms with E-state index in [1.165, 1.54) is 17.0 Å². The third kappa shape index (κ3) is 3.93. The van der Waals surface area contributed by atoms with E-state index in [4.69, 9.17) is 5.11 Å². The van der Waals surface area contributed by atoms with Crippen LogP contribution in [0.3, 0.4) is 0 Å². The predicted molar refractivity (Wildman–Crippen MR) is 75.5 cm³/mol. The van der Waals surface area contributed by atoms with E-state index in [0.717, 1.165) is 12.0 Å². The van der Waals surface area contributed by atoms with E-state index in [9.17, 15) is 14.0 Å². The zero-order chi connectivity index (χ0) is 15.6. The van der Waals surface area contributed by atoms with E-state index < -0.39 is 11.9 Å². The van der Waals surface area contributed by atoms with Crippen LogP contribution in [-0.4, -0.2) is 41.6 Å². The Morgan fingerprint density at radius 3 is 2.62 bits per heavy atom. The van der Waals surface area contributed by atoms with Crippen molar-refractivity contribution in [3.05, 3.63) is 35.6 Å². The Labute approximate surface area is 122 Å². The molecule has 5 nitrogen and oxygen atoms in total. The Hall–Kier alpha value is -2.11. The first-order valence-corrected chi connectivity index (χ1v) is 6.88. The van der Waals surface area contributed by atoms with E-state index in [1.807, 2.05) is 0 Å². The van der Waals surface area contributed by atoms with Gasteiger partial charge in [0, 0.05) is 25.6 Å². The van der Waals surface area contributed by atoms with Crippen LogP contribution >= 0.6 is 0 Å². The van der Waals surface area contributed by atoms with Crippen LogP contribution in [0.2, 0.25) is 0 Å². The van der Waals surface area contributed by atoms with Crippen molar-refractivity contribution in [3.63, 3.8) is 0 Å². The molecule has 1 fully saturated rings. The van der Waals surface area contributed by atoms with Crippen LogP contribution in [0.5, 0.6) is 0 Å². The van der Waals surface area contributed by atoms with Gasteiger partial charge in [0.1, 0.15) is 5.82 Å². The lowest BCUT2D eigenvalue weighted by atomic mass is 10.1. The number of rotatable bonds is 5. The molecule has 2 amide bonds. The van der Waals surface area contributed by atoms with Gasteiger partial charge in [-0.25, -0.2) is 9.18 Å². The summed E-state index contributed by atoms with van der Waals surface area (Å²) in [6.45, 7) is 1.72. The summed E-state index contributed by atoms with van der Waals surface area (Å²) in [6.07, 6.45) is 0.819. The molecule has 0 saturated heterocycles. The molecule has 0 aromatic heterocycles. The number of carbonyl (C=O) groups excluding carboxylic acids is 1. The number of urea groups is 1. The van der Waals surface area contributed by atoms with Crippen LogP contribution in [0, 0.1) is 11.7 Å². The molecule has 6 heteroatoms. The molecule has 2 N–H and O–H groups in total. The monoisotopic (exact) mass is 294 g/mol. The Bertz CT molecular complexity index is 532. The van der Waals surface area contributed by atoms with Gasteiger partial charge in [-0.15, -0.1) is 0 Å². The van der Waals surface area contributed by atoms with E-state index in [-0.39, 0.29) is 30.4 Å². The van der Waals surface area contributed by atoms with Crippen molar-refractivity contribution in [2.45, 2.75) is 25.3 Å². The van der Waals surface area contributed by atoms with Gasteiger partial charge >= 0.3 is 12.0 Å². The van der Waals surface area contributed by atoms with Gasteiger partial charge in [-0.2, -0.15) is 0 Å². The Balaban J connectivity index is 1.82. The fourth-order valence-electron chi connectivity index (χ4n) is 2.27. The summed E-state index contributed by atoms with van der Waals surface area (Å²) in [6, 6.07) is 6.02. The van der Waals surface area contributed by atoms with Crippen molar-refractivity contribution in [3.8, 4) is 0 Å². The average molecular weight is 294 g/mol. The van der Waals surface area contributed by atoms with Gasteiger partial charge in [-0.1, -0.05) is 19.1 Å². The average Bonchev–Trinajstić information content (AvgIpc) is 3.18. The standard InChI is InChI=1S/C15H19FN2O3/c1-9(14(19)20)8-18(2)15(21)17-13-7-12(13)10-3-5-11(16)6-4-10/h3-6,9,12-13H,7-8H2,1-2H3,(H,17,21)(H,19,20)/t9?,12-,13+/m0/s1. The molecule has 3 atom stereocenters. The lowest BCUT2D eigenvalue weighted by molar-refractivity contribution is -0.141. The molecule has 2 rings (SSSR count). The summed E-state index contributed by atoms with van der Waals surface area (Å²) in [5.74, 6) is -1.60. The van der Waals surface area contributed by atoms with Crippen LogP contribution in [0.1, 0.15) is 24.8 Å². The van der Waals surface area contributed by atoms with Crippen molar-refractivity contribution in [2.24, 2.45) is 5.92 Å². The third-order valence-corrected chi connectivity index (χ3v) is 3.71. The van der Waals surface area contributed by atoms with Crippen LogP contribution in [0.15, 0.2) is 24.3 Å². The molecule has 0 bridgehead atoms. The summed E-state index contributed by atoms with van der Waals surface area (Å²) in [7, 11) is 1.57. The largest absolute Gasteiger partial charge is 0.481 e. The quantitative estimate of drug-likeness (QED) is 0.873. The topological polar surface area (TPSA) is 69.6 Å². The number of hydrogen-bond donors (Lipinski definition) is 2. The number of carbonyl (C=O) groups is 2. The Morgan fingerprint density at radius 2 is 2.05 bits per heavy atom. The van der Waals surface area contributed by atoms with Crippen molar-refractivity contribution >= 4 is 12.0 Å². The number of carboxylic acids is 1. The second-order valence-corrected chi connectivity index (χ2v) is 5.57. The lowest BCUT2D eigenvalue weighted by Crippen LogP contribution is -2.42. The van der Waals surface area contributed by atoms with Crippen molar-refractivity contribution in [2.75, 3.05) is 13.6 Å². The minimum atomic E-state index is -0.926. The molecule has 0 spiro atoms. The molecule has 21 heavy (non-hydrogen) atoms. The van der Waals surface area contributed by atoms with Gasteiger partial charge in [0.2, 0.25) is 0 Å². The molecule has 0 aliphatic heterocycles. The van der Waals surface area contributed by atoms with Crippen LogP contribution in [0.25, 0.3) is 0 Å². The number of amides is 2. The summed E-state index contributed by atoms with van der Waals surface area (Å²) in [4.78, 5) is 24.1. The zero-order valence-corrected chi connectivity index (χ0v) is 12.0. The van der Waals surface area contributed by atoms with Gasteiger partial charge in [0.05, 0.1) is 5.92 Å². The van der Waals surface area contributed by atoms with Crippen molar-refractivity contribution < 1.29 is 19.1 Å². The van der Waals surface area contributed by atoms with Gasteiger partial charge in [0.25, 0.3) is 0 Å². The molecule has 0 radical (unpaired) electrons. The first-order valence-electron chi connectivity index (χ1n) is 6.88. The van der Waals surface area contributed by atoms with E-state index in [1.54, 1.807) is 26.1 Å². The van der Waals surface area contributed by atoms with E-state index in [2.05, 4.69) is 5.32 Å². The number of nitrogens with zero attached hydrogens (tertiary/aromatic N) is 1. The number of benzene rings is 1. The van der Waals surface area contributed by atoms with Crippen LogP contribution in [-0.2, 0) is 4.79 Å². The van der Waals surface area contributed by atoms with Crippen molar-refractivity contribution in [1.82, 2.24) is 10.2 Å². The predicted octanol–water partition coefficient (Wildman–Crippen LogP) is 2.04. The summed E-state index contributed by atoms with van der Waals surface area (Å²) < 4.78 is 12.8. The molecule has 1 aromatic rings. The minimum absolute atomic E-state index is 0.0329. The molecular weight excluding hydrogens is 275 g/mol. The van der Waals surface area contributed by atoms with Gasteiger partial charge in [-0.3, -0.25) is 4.79 Å². The molecule has 1 saturated carbocycles. The first-order chi connectivity index (χ1) is 9.88. The minimum Gasteiger partial charge on any atom is -0.481 e. The van der Waals surface area contributed by atoms with Crippen molar-refractivity contribution in [1.29, 1.82) is 0 Å². The first kappa shape index (κ1) is 15.3. The fourth-order valence-corrected chi connectivity index (χ4v) is 2.27. The molecule has 1 unspecified atom stereocenters. The number of halogens is 1. The van der Waals surface area contributed by atoms with Gasteiger partial charge in [-0.05, 0) is 24.1 Å². The molecule has 0 heterocycles. The Kier molecular flexibility index (Phi) is 4.45. The van der Waals surface area contributed by atoms with E-state index >= 15 is 0 Å². The fraction of sp³-hybridized carbons (Fsp3) is 0.467. The van der Waals surface area contributed by atoms with Gasteiger partial charge < -0.3 is 15.3 Å². The van der Waals surface area contributed by atoms with Crippen LogP contribution in [0.4, 0.5) is 9.18 Å². The van der Waals surface area contributed by atoms with Crippen LogP contribution < -0.4 is 5.32 Å². The number of nitrogens with one attached hydrogen (secondary N) is 1. The highest BCUT2D eigenvalue weighted by Crippen LogP contribution is 2.40. The van der Waals surface area contributed by atoms with Gasteiger partial charge in [0.15, 0.2) is 0 Å². The number of aliphatic carboxylic acids is 1. The zero-order valence-electron chi connectivity index (χ0n) is 12.0. The lowest BCUT2D eigenvalue weighted by Gasteiger charge is -2.20. The normalized spacial score (nSPS) is 21.5. The highest BCUT2D eigenvalue weighted by atomic mass is 19.1. The summed E-state index contributed by atoms with van der Waals surface area (Å²) >= 11 is 0. The second-order valence-electron chi connectivity index (χ2n) is 5.57. The molecule has 114 valence electrons. The highest BCUT2D eigenvalue weighted by molar-refractivity contribution is 5.76. The number of hydrogen-bond acceptors (Lipinski definition) is 2. The van der Waals surface area contributed by atoms with E-state index in [0.29, 0.717) is 0 Å². The maximum Gasteiger partial charge on any atom is 0.317 e. The summed E-state index contributed by atoms with van der Waals surface area (Å²) in [5, 5.41) is 11.7. The summed E-state index contributed by atoms with van der Waals surface area (Å²) in [5.41, 5.74) is 1.00. The maximum absolute atomic E-state index is 12.8. The third-order valence-electron chi connectivity index (χ3n) is 3.71. The molecule has 1 aliphatic rings. The maximum atomic E-state index is 12.8. The number of carboxylic acid groups (broad SMARTS) is 1. The molecular formula is C15H19FN2O3. The smallest absolute Gasteiger partial charge is 0.317 e.